The predicted octanol–water partition coefficient (Wildman–Crippen LogP) is 1.98. The van der Waals surface area contributed by atoms with E-state index in [0.717, 1.165) is 5.92 Å². The first kappa shape index (κ1) is 12.9. The number of hydrogen-bond acceptors (Lipinski definition) is 3. The molecule has 0 aromatic carbocycles. The summed E-state index contributed by atoms with van der Waals surface area (Å²) in [4.78, 5) is 0. The molecule has 0 bridgehead atoms. The number of rotatable bonds is 9. The number of ether oxygens (including phenoxy) is 2. The molecule has 0 heterocycles. The third kappa shape index (κ3) is 4.96. The van der Waals surface area contributed by atoms with Gasteiger partial charge in [0.05, 0.1) is 32.0 Å². The van der Waals surface area contributed by atoms with E-state index < -0.39 is 0 Å². The summed E-state index contributed by atoms with van der Waals surface area (Å²) in [6.45, 7) is 6.29. The highest BCUT2D eigenvalue weighted by atomic mass is 16.5. The Morgan fingerprint density at radius 1 is 1.27 bits per heavy atom. The van der Waals surface area contributed by atoms with Crippen LogP contribution in [-0.2, 0) is 9.47 Å². The Labute approximate surface area is 92.8 Å². The fraction of sp³-hybridized carbons (Fsp3) is 1.00. The van der Waals surface area contributed by atoms with Gasteiger partial charge in [-0.05, 0) is 25.2 Å². The molecule has 0 aromatic heterocycles. The zero-order chi connectivity index (χ0) is 11.1. The molecule has 1 atom stereocenters. The van der Waals surface area contributed by atoms with Gasteiger partial charge in [0.2, 0.25) is 0 Å². The van der Waals surface area contributed by atoms with Crippen LogP contribution in [0.4, 0.5) is 0 Å². The van der Waals surface area contributed by atoms with Gasteiger partial charge < -0.3 is 14.6 Å². The van der Waals surface area contributed by atoms with Gasteiger partial charge in [-0.15, -0.1) is 0 Å². The highest BCUT2D eigenvalue weighted by molar-refractivity contribution is 4.96. The number of aliphatic hydroxyl groups excluding tert-OH is 1. The minimum atomic E-state index is 0.0952. The van der Waals surface area contributed by atoms with Crippen molar-refractivity contribution in [3.05, 3.63) is 0 Å². The van der Waals surface area contributed by atoms with Crippen LogP contribution in [-0.4, -0.2) is 37.1 Å². The van der Waals surface area contributed by atoms with Gasteiger partial charge in [0, 0.05) is 0 Å². The molecule has 1 aliphatic rings. The molecule has 0 saturated heterocycles. The van der Waals surface area contributed by atoms with E-state index in [2.05, 4.69) is 13.8 Å². The average Bonchev–Trinajstić information content (AvgIpc) is 2.98. The SMILES string of the molecule is CCC(C)CC1(OCCOCCO)CC1. The van der Waals surface area contributed by atoms with E-state index in [9.17, 15) is 0 Å². The first-order valence-corrected chi connectivity index (χ1v) is 6.05. The van der Waals surface area contributed by atoms with Crippen molar-refractivity contribution in [1.29, 1.82) is 0 Å². The first-order valence-electron chi connectivity index (χ1n) is 6.05. The fourth-order valence-corrected chi connectivity index (χ4v) is 1.81. The van der Waals surface area contributed by atoms with Gasteiger partial charge in [-0.1, -0.05) is 20.3 Å². The molecule has 1 saturated carbocycles. The molecule has 1 aliphatic carbocycles. The van der Waals surface area contributed by atoms with Crippen molar-refractivity contribution in [1.82, 2.24) is 0 Å². The first-order chi connectivity index (χ1) is 7.22. The Balaban J connectivity index is 2.04. The van der Waals surface area contributed by atoms with Crippen LogP contribution in [0.25, 0.3) is 0 Å². The average molecular weight is 216 g/mol. The van der Waals surface area contributed by atoms with Gasteiger partial charge in [-0.25, -0.2) is 0 Å². The van der Waals surface area contributed by atoms with E-state index in [-0.39, 0.29) is 12.2 Å². The lowest BCUT2D eigenvalue weighted by atomic mass is 10.00. The number of hydrogen-bond donors (Lipinski definition) is 1. The van der Waals surface area contributed by atoms with Gasteiger partial charge in [0.15, 0.2) is 0 Å². The summed E-state index contributed by atoms with van der Waals surface area (Å²) in [5.74, 6) is 0.755. The van der Waals surface area contributed by atoms with Crippen molar-refractivity contribution in [2.45, 2.75) is 45.1 Å². The largest absolute Gasteiger partial charge is 0.394 e. The van der Waals surface area contributed by atoms with E-state index in [1.165, 1.54) is 25.7 Å². The Morgan fingerprint density at radius 2 is 2.00 bits per heavy atom. The van der Waals surface area contributed by atoms with Crippen LogP contribution in [0.15, 0.2) is 0 Å². The zero-order valence-electron chi connectivity index (χ0n) is 10.00. The van der Waals surface area contributed by atoms with Crippen molar-refractivity contribution in [2.24, 2.45) is 5.92 Å². The lowest BCUT2D eigenvalue weighted by Crippen LogP contribution is -2.20. The quantitative estimate of drug-likeness (QED) is 0.599. The molecule has 0 radical (unpaired) electrons. The van der Waals surface area contributed by atoms with E-state index in [4.69, 9.17) is 14.6 Å². The third-order valence-electron chi connectivity index (χ3n) is 3.10. The second-order valence-electron chi connectivity index (χ2n) is 4.58. The molecule has 3 nitrogen and oxygen atoms in total. The molecule has 1 unspecified atom stereocenters. The highest BCUT2D eigenvalue weighted by Crippen LogP contribution is 2.45. The smallest absolute Gasteiger partial charge is 0.0708 e. The van der Waals surface area contributed by atoms with E-state index in [0.29, 0.717) is 19.8 Å². The molecule has 90 valence electrons. The second kappa shape index (κ2) is 6.46. The van der Waals surface area contributed by atoms with Gasteiger partial charge in [0.1, 0.15) is 0 Å². The minimum Gasteiger partial charge on any atom is -0.394 e. The van der Waals surface area contributed by atoms with Crippen LogP contribution >= 0.6 is 0 Å². The predicted molar refractivity (Wildman–Crippen MR) is 59.9 cm³/mol. The van der Waals surface area contributed by atoms with Crippen molar-refractivity contribution < 1.29 is 14.6 Å². The van der Waals surface area contributed by atoms with E-state index in [1.54, 1.807) is 0 Å². The molecule has 0 spiro atoms. The second-order valence-corrected chi connectivity index (χ2v) is 4.58. The van der Waals surface area contributed by atoms with Gasteiger partial charge in [0.25, 0.3) is 0 Å². The van der Waals surface area contributed by atoms with Crippen LogP contribution in [0.5, 0.6) is 0 Å². The van der Waals surface area contributed by atoms with Crippen molar-refractivity contribution in [2.75, 3.05) is 26.4 Å². The standard InChI is InChI=1S/C12H24O3/c1-3-11(2)10-12(4-5-12)15-9-8-14-7-6-13/h11,13H,3-10H2,1-2H3. The van der Waals surface area contributed by atoms with Crippen LogP contribution < -0.4 is 0 Å². The molecule has 1 N–H and O–H groups in total. The summed E-state index contributed by atoms with van der Waals surface area (Å²) in [7, 11) is 0. The molecular formula is C12H24O3. The Hall–Kier alpha value is -0.120. The van der Waals surface area contributed by atoms with Gasteiger partial charge in [-0.3, -0.25) is 0 Å². The van der Waals surface area contributed by atoms with Crippen LogP contribution in [0.2, 0.25) is 0 Å². The van der Waals surface area contributed by atoms with Crippen molar-refractivity contribution in [3.8, 4) is 0 Å². The summed E-state index contributed by atoms with van der Waals surface area (Å²) in [6, 6.07) is 0. The van der Waals surface area contributed by atoms with Gasteiger partial charge >= 0.3 is 0 Å². The highest BCUT2D eigenvalue weighted by Gasteiger charge is 2.44. The molecule has 0 amide bonds. The molecule has 1 fully saturated rings. The lowest BCUT2D eigenvalue weighted by Gasteiger charge is -2.20. The summed E-state index contributed by atoms with van der Waals surface area (Å²) in [6.07, 6.45) is 4.82. The van der Waals surface area contributed by atoms with Gasteiger partial charge in [-0.2, -0.15) is 0 Å². The number of aliphatic hydroxyl groups is 1. The third-order valence-corrected chi connectivity index (χ3v) is 3.10. The minimum absolute atomic E-state index is 0.0952. The molecule has 0 aliphatic heterocycles. The van der Waals surface area contributed by atoms with Crippen molar-refractivity contribution in [3.63, 3.8) is 0 Å². The summed E-state index contributed by atoms with van der Waals surface area (Å²) in [5, 5.41) is 8.52. The van der Waals surface area contributed by atoms with E-state index in [1.807, 2.05) is 0 Å². The van der Waals surface area contributed by atoms with Crippen LogP contribution in [0, 0.1) is 5.92 Å². The Kier molecular flexibility index (Phi) is 5.58. The summed E-state index contributed by atoms with van der Waals surface area (Å²) < 4.78 is 11.0. The molecular weight excluding hydrogens is 192 g/mol. The summed E-state index contributed by atoms with van der Waals surface area (Å²) >= 11 is 0. The maximum absolute atomic E-state index is 8.52. The lowest BCUT2D eigenvalue weighted by molar-refractivity contribution is -0.0242. The van der Waals surface area contributed by atoms with E-state index >= 15 is 0 Å². The normalized spacial score (nSPS) is 20.2. The molecule has 3 heteroatoms. The Morgan fingerprint density at radius 3 is 2.53 bits per heavy atom. The summed E-state index contributed by atoms with van der Waals surface area (Å²) in [5.41, 5.74) is 0.179. The molecule has 0 aromatic rings. The topological polar surface area (TPSA) is 38.7 Å². The maximum atomic E-state index is 8.52. The fourth-order valence-electron chi connectivity index (χ4n) is 1.81. The zero-order valence-corrected chi connectivity index (χ0v) is 10.00. The van der Waals surface area contributed by atoms with Crippen molar-refractivity contribution >= 4 is 0 Å². The maximum Gasteiger partial charge on any atom is 0.0708 e. The monoisotopic (exact) mass is 216 g/mol. The van der Waals surface area contributed by atoms with Crippen LogP contribution in [0.3, 0.4) is 0 Å². The van der Waals surface area contributed by atoms with Crippen LogP contribution in [0.1, 0.15) is 39.5 Å². The molecule has 15 heavy (non-hydrogen) atoms. The Bertz CT molecular complexity index is 166. The molecule has 1 rings (SSSR count).